The normalized spacial score (nSPS) is 30.6. The van der Waals surface area contributed by atoms with Gasteiger partial charge in [0.05, 0.1) is 74.0 Å². The van der Waals surface area contributed by atoms with Crippen molar-refractivity contribution in [2.24, 2.45) is 22.7 Å². The number of morpholine rings is 2. The molecule has 1 aliphatic carbocycles. The van der Waals surface area contributed by atoms with Gasteiger partial charge in [0.25, 0.3) is 5.91 Å². The molecule has 19 nitrogen and oxygen atoms in total. The summed E-state index contributed by atoms with van der Waals surface area (Å²) >= 11 is 0. The van der Waals surface area contributed by atoms with Gasteiger partial charge < -0.3 is 43.5 Å². The van der Waals surface area contributed by atoms with Gasteiger partial charge in [-0.3, -0.25) is 44.3 Å². The average molecular weight is 1090 g/mol. The van der Waals surface area contributed by atoms with E-state index in [0.29, 0.717) is 70.0 Å². The zero-order valence-corrected chi connectivity index (χ0v) is 48.0. The number of esters is 1. The van der Waals surface area contributed by atoms with Gasteiger partial charge >= 0.3 is 5.97 Å². The Morgan fingerprint density at radius 1 is 0.937 bits per heavy atom. The molecule has 9 atom stereocenters. The summed E-state index contributed by atoms with van der Waals surface area (Å²) in [4.78, 5) is 74.8. The second-order valence-corrected chi connectivity index (χ2v) is 25.9. The highest BCUT2D eigenvalue weighted by atomic mass is 16.5. The molecule has 12 rings (SSSR count). The summed E-state index contributed by atoms with van der Waals surface area (Å²) in [5.74, 6) is -0.0252. The van der Waals surface area contributed by atoms with E-state index in [4.69, 9.17) is 23.9 Å². The Kier molecular flexibility index (Phi) is 15.3. The molecule has 6 bridgehead atoms. The van der Waals surface area contributed by atoms with Gasteiger partial charge in [-0.05, 0) is 107 Å². The number of fused-ring (bicyclic) bond motifs is 7. The quantitative estimate of drug-likeness (QED) is 0.182. The van der Waals surface area contributed by atoms with Crippen LogP contribution in [0.5, 0.6) is 0 Å². The number of amides is 3. The number of anilines is 2. The maximum Gasteiger partial charge on any atom is 0.324 e. The monoisotopic (exact) mass is 1090 g/mol. The molecule has 7 saturated heterocycles. The molecular weight excluding hydrogens is 1000 g/mol. The van der Waals surface area contributed by atoms with E-state index >= 15 is 4.79 Å². The lowest BCUT2D eigenvalue weighted by molar-refractivity contribution is -0.156. The van der Waals surface area contributed by atoms with Gasteiger partial charge in [0.15, 0.2) is 0 Å². The van der Waals surface area contributed by atoms with Crippen LogP contribution in [0.15, 0.2) is 30.5 Å². The van der Waals surface area contributed by atoms with Crippen molar-refractivity contribution in [2.45, 2.75) is 148 Å². The van der Waals surface area contributed by atoms with Crippen LogP contribution in [-0.4, -0.2) is 201 Å². The minimum atomic E-state index is -0.927. The summed E-state index contributed by atoms with van der Waals surface area (Å²) in [6, 6.07) is 7.59. The van der Waals surface area contributed by atoms with Gasteiger partial charge in [0.1, 0.15) is 18.1 Å². The summed E-state index contributed by atoms with van der Waals surface area (Å²) < 4.78 is 27.3. The van der Waals surface area contributed by atoms with E-state index in [1.54, 1.807) is 12.1 Å². The smallest absolute Gasteiger partial charge is 0.324 e. The molecule has 0 radical (unpaired) electrons. The maximum atomic E-state index is 15.0. The zero-order valence-electron chi connectivity index (χ0n) is 48.0. The van der Waals surface area contributed by atoms with Gasteiger partial charge in [-0.1, -0.05) is 27.7 Å². The summed E-state index contributed by atoms with van der Waals surface area (Å²) in [5.41, 5.74) is 10.1. The molecule has 1 spiro atoms. The van der Waals surface area contributed by atoms with Crippen molar-refractivity contribution in [2.75, 3.05) is 115 Å². The number of pyridine rings is 1. The number of carbonyl (C=O) groups excluding carboxylic acids is 4. The van der Waals surface area contributed by atoms with Crippen LogP contribution in [0.2, 0.25) is 0 Å². The minimum Gasteiger partial charge on any atom is -0.464 e. The predicted molar refractivity (Wildman–Crippen MR) is 301 cm³/mol. The van der Waals surface area contributed by atoms with Crippen molar-refractivity contribution in [1.29, 1.82) is 0 Å². The minimum absolute atomic E-state index is 0.0354. The number of carbonyl (C=O) groups is 4. The Balaban J connectivity index is 0.849. The highest BCUT2D eigenvalue weighted by molar-refractivity contribution is 5.95. The van der Waals surface area contributed by atoms with E-state index in [0.717, 1.165) is 123 Å². The van der Waals surface area contributed by atoms with Crippen LogP contribution < -0.4 is 25.9 Å². The zero-order chi connectivity index (χ0) is 54.9. The molecule has 3 aromatic rings. The number of rotatable bonds is 11. The third kappa shape index (κ3) is 11.0. The number of aryl methyl sites for hydroxylation is 1. The maximum absolute atomic E-state index is 15.0. The van der Waals surface area contributed by atoms with Crippen LogP contribution in [0.25, 0.3) is 22.2 Å². The average Bonchev–Trinajstić information content (AvgIpc) is 4.52. The number of aromatic nitrogens is 2. The molecule has 8 fully saturated rings. The Morgan fingerprint density at radius 2 is 1.76 bits per heavy atom. The fourth-order valence-corrected chi connectivity index (χ4v) is 14.7. The second-order valence-electron chi connectivity index (χ2n) is 25.9. The first-order chi connectivity index (χ1) is 38.1. The van der Waals surface area contributed by atoms with E-state index in [1.807, 2.05) is 6.20 Å². The fourth-order valence-electron chi connectivity index (χ4n) is 14.7. The van der Waals surface area contributed by atoms with E-state index in [2.05, 4.69) is 111 Å². The Bertz CT molecular complexity index is 2780. The SMILES string of the molecule is CCn1c(-c2cc(N3CCN4CCOC[C@@H]4C3)cnc2[C@H](C)OC)c2c3cc(ccc31)N1CCO[C@@H](C[C@H](NC(=O)C(C(C)C)N3CC[C@]4(CCN(C(=O)[C@@H]5NC5C5CC5)C4)C3)C(=O)N3CCC[C@H](N3)C(=O)OCC(C)(C)C2)C1. The van der Waals surface area contributed by atoms with Crippen LogP contribution in [-0.2, 0) is 51.1 Å². The summed E-state index contributed by atoms with van der Waals surface area (Å²) in [7, 11) is 1.74. The highest BCUT2D eigenvalue weighted by Crippen LogP contribution is 2.46. The number of hydrogen-bond donors (Lipinski definition) is 3. The van der Waals surface area contributed by atoms with Crippen molar-refractivity contribution in [3.8, 4) is 11.3 Å². The van der Waals surface area contributed by atoms with Crippen LogP contribution in [0.3, 0.4) is 0 Å². The largest absolute Gasteiger partial charge is 0.464 e. The van der Waals surface area contributed by atoms with Crippen LogP contribution in [0.4, 0.5) is 11.4 Å². The number of nitrogens with zero attached hydrogens (tertiary/aromatic N) is 8. The number of nitrogens with one attached hydrogen (secondary N) is 3. The Labute approximate surface area is 466 Å². The van der Waals surface area contributed by atoms with Gasteiger partial charge in [-0.15, -0.1) is 0 Å². The van der Waals surface area contributed by atoms with Crippen molar-refractivity contribution in [3.63, 3.8) is 0 Å². The van der Waals surface area contributed by atoms with Crippen LogP contribution in [0, 0.1) is 22.7 Å². The Hall–Kier alpha value is -4.89. The molecule has 2 unspecified atom stereocenters. The summed E-state index contributed by atoms with van der Waals surface area (Å²) in [6.07, 6.45) is 7.59. The van der Waals surface area contributed by atoms with E-state index in [-0.39, 0.29) is 60.3 Å². The molecular formula is C60H87N11O8. The second kappa shape index (κ2) is 22.1. The summed E-state index contributed by atoms with van der Waals surface area (Å²) in [5, 5.41) is 9.43. The molecule has 3 N–H and O–H groups in total. The number of hydrazine groups is 1. The molecule has 1 aromatic carbocycles. The topological polar surface area (TPSA) is 188 Å². The number of piperazine rings is 1. The molecule has 1 saturated carbocycles. The molecule has 19 heteroatoms. The molecule has 9 aliphatic rings. The van der Waals surface area contributed by atoms with Crippen molar-refractivity contribution in [1.82, 2.24) is 45.3 Å². The number of methoxy groups -OCH3 is 1. The first-order valence-electron chi connectivity index (χ1n) is 30.0. The molecule has 430 valence electrons. The number of cyclic esters (lactones) is 1. The molecule has 8 aliphatic heterocycles. The highest BCUT2D eigenvalue weighted by Gasteiger charge is 2.55. The lowest BCUT2D eigenvalue weighted by Crippen LogP contribution is -2.62. The third-order valence-corrected chi connectivity index (χ3v) is 19.3. The predicted octanol–water partition coefficient (Wildman–Crippen LogP) is 4.35. The molecule has 10 heterocycles. The van der Waals surface area contributed by atoms with Gasteiger partial charge in [0, 0.05) is 125 Å². The number of benzene rings is 1. The van der Waals surface area contributed by atoms with Crippen molar-refractivity contribution in [3.05, 3.63) is 41.7 Å². The van der Waals surface area contributed by atoms with Gasteiger partial charge in [0.2, 0.25) is 11.8 Å². The molecule has 2 aromatic heterocycles. The van der Waals surface area contributed by atoms with Crippen molar-refractivity contribution >= 4 is 46.0 Å². The van der Waals surface area contributed by atoms with E-state index < -0.39 is 29.5 Å². The lowest BCUT2D eigenvalue weighted by Gasteiger charge is -2.44. The molecule has 79 heavy (non-hydrogen) atoms. The lowest BCUT2D eigenvalue weighted by atomic mass is 9.84. The van der Waals surface area contributed by atoms with Crippen molar-refractivity contribution < 1.29 is 38.1 Å². The van der Waals surface area contributed by atoms with Crippen LogP contribution >= 0.6 is 0 Å². The van der Waals surface area contributed by atoms with E-state index in [1.165, 1.54) is 12.8 Å². The Morgan fingerprint density at radius 3 is 2.56 bits per heavy atom. The van der Waals surface area contributed by atoms with Crippen LogP contribution in [0.1, 0.15) is 104 Å². The number of hydrogen-bond acceptors (Lipinski definition) is 15. The fraction of sp³-hybridized carbons (Fsp3) is 0.717. The van der Waals surface area contributed by atoms with Gasteiger partial charge in [-0.2, -0.15) is 0 Å². The van der Waals surface area contributed by atoms with Gasteiger partial charge in [-0.25, -0.2) is 5.43 Å². The first kappa shape index (κ1) is 54.7. The first-order valence-corrected chi connectivity index (χ1v) is 30.0. The summed E-state index contributed by atoms with van der Waals surface area (Å²) in [6.45, 7) is 23.8. The molecule has 3 amide bonds. The third-order valence-electron chi connectivity index (χ3n) is 19.3. The van der Waals surface area contributed by atoms with E-state index in [9.17, 15) is 14.4 Å². The standard InChI is InChI=1S/C60H87N11O8/c1-8-70-49-14-13-40-26-44(49)46(54(70)45-27-41(30-61-50(45)38(4)76-7)66-21-20-65-22-24-77-33-42(65)31-66)29-59(5,6)36-79-58(75)47-10-9-17-71(64-47)56(73)48(28-43-32-67(40)23-25-78-43)62-55(72)53(37(2)3)68-18-15-60(34-68)16-19-69(35-60)57(74)52-51(63-52)39-11-12-39/h13-14,26-27,30,37-39,42-43,47-48,51-53,63-64H,8-12,15-25,28-29,31-36H2,1-7H3,(H,62,72)/t38-,42-,43-,47-,48-,51?,52+,53?,60-/m0/s1. The number of likely N-dealkylation sites (tertiary alicyclic amines) is 2. The number of ether oxygens (including phenoxy) is 4.